The van der Waals surface area contributed by atoms with Crippen LogP contribution in [0, 0.1) is 11.8 Å². The zero-order valence-electron chi connectivity index (χ0n) is 33.9. The van der Waals surface area contributed by atoms with Crippen LogP contribution in [0.25, 0.3) is 10.9 Å². The molecule has 5 rings (SSSR count). The number of aromatic nitrogens is 1. The highest BCUT2D eigenvalue weighted by atomic mass is 79.9. The number of nitrogens with zero attached hydrogens (tertiary/aromatic N) is 4. The van der Waals surface area contributed by atoms with Gasteiger partial charge in [-0.05, 0) is 59.2 Å². The number of para-hydroxylation sites is 1. The number of carbonyl (C=O) groups is 4. The van der Waals surface area contributed by atoms with Crippen LogP contribution in [0.2, 0.25) is 0 Å². The van der Waals surface area contributed by atoms with Gasteiger partial charge in [-0.1, -0.05) is 117 Å². The van der Waals surface area contributed by atoms with Gasteiger partial charge in [-0.15, -0.1) is 0 Å². The number of halogens is 1. The molecule has 1 aromatic heterocycles. The predicted molar refractivity (Wildman–Crippen MR) is 227 cm³/mol. The molecule has 1 saturated heterocycles. The van der Waals surface area contributed by atoms with Crippen LogP contribution >= 0.6 is 15.9 Å². The zero-order valence-corrected chi connectivity index (χ0v) is 35.5. The third-order valence-corrected chi connectivity index (χ3v) is 11.6. The van der Waals surface area contributed by atoms with Crippen molar-refractivity contribution in [2.45, 2.75) is 84.3 Å². The van der Waals surface area contributed by atoms with Gasteiger partial charge in [0.1, 0.15) is 12.1 Å². The molecule has 1 fully saturated rings. The largest absolute Gasteiger partial charge is 0.453 e. The van der Waals surface area contributed by atoms with Gasteiger partial charge in [-0.3, -0.25) is 20.0 Å². The molecule has 58 heavy (non-hydrogen) atoms. The first-order valence-corrected chi connectivity index (χ1v) is 20.8. The van der Waals surface area contributed by atoms with Crippen molar-refractivity contribution in [2.24, 2.45) is 11.8 Å². The lowest BCUT2D eigenvalue weighted by molar-refractivity contribution is -0.132. The minimum atomic E-state index is -1.18. The van der Waals surface area contributed by atoms with Crippen LogP contribution in [0.3, 0.4) is 0 Å². The number of urea groups is 1. The van der Waals surface area contributed by atoms with Crippen molar-refractivity contribution in [1.29, 1.82) is 0 Å². The number of aliphatic hydroxyl groups excluding tert-OH is 1. The van der Waals surface area contributed by atoms with Crippen LogP contribution in [-0.4, -0.2) is 99.8 Å². The van der Waals surface area contributed by atoms with Crippen LogP contribution in [-0.2, 0) is 33.8 Å². The number of hydrazine groups is 1. The van der Waals surface area contributed by atoms with Crippen LogP contribution < -0.4 is 16.1 Å². The summed E-state index contributed by atoms with van der Waals surface area (Å²) in [6.45, 7) is 9.10. The average Bonchev–Trinajstić information content (AvgIpc) is 3.58. The number of methoxy groups -OCH3 is 1. The smallest absolute Gasteiger partial charge is 0.407 e. The summed E-state index contributed by atoms with van der Waals surface area (Å²) in [5, 5.41) is 20.5. The molecule has 4 N–H and O–H groups in total. The minimum Gasteiger partial charge on any atom is -0.453 e. The summed E-state index contributed by atoms with van der Waals surface area (Å²) in [5.41, 5.74) is 6.52. The Labute approximate surface area is 349 Å². The molecule has 0 bridgehead atoms. The van der Waals surface area contributed by atoms with Gasteiger partial charge in [-0.25, -0.2) is 14.6 Å². The Hall–Kier alpha value is -5.05. The van der Waals surface area contributed by atoms with Gasteiger partial charge in [0.2, 0.25) is 5.91 Å². The molecule has 0 aliphatic carbocycles. The Morgan fingerprint density at radius 3 is 2.26 bits per heavy atom. The molecule has 1 aliphatic rings. The summed E-state index contributed by atoms with van der Waals surface area (Å²) in [4.78, 5) is 62.6. The molecule has 0 radical (unpaired) electrons. The Balaban J connectivity index is 1.39. The van der Waals surface area contributed by atoms with Crippen LogP contribution in [0.1, 0.15) is 57.2 Å². The fourth-order valence-corrected chi connectivity index (χ4v) is 7.54. The number of benzene rings is 3. The second kappa shape index (κ2) is 21.1. The fraction of sp³-hybridized carbons (Fsp3) is 0.432. The Morgan fingerprint density at radius 1 is 0.879 bits per heavy atom. The van der Waals surface area contributed by atoms with E-state index in [1.54, 1.807) is 21.0 Å². The number of aliphatic hydroxyl groups is 1. The van der Waals surface area contributed by atoms with E-state index in [1.165, 1.54) is 7.11 Å². The maximum atomic E-state index is 14.6. The van der Waals surface area contributed by atoms with Crippen molar-refractivity contribution in [2.75, 3.05) is 26.7 Å². The van der Waals surface area contributed by atoms with E-state index >= 15 is 0 Å². The standard InChI is InChI=1S/C44H56BrN7O6/c1-6-29(3)39(48-43(56)58-5)41(54)49-51(26-32-17-19-34(45)20-18-32)28-38(53)37(25-31-13-9-8-10-14-31)47-42(55)40(30(4)7-2)52-24-23-50(44(52)57)27-33-21-22-46-36-16-12-11-15-35(33)36/h8-22,29-30,37-40,53H,6-7,23-28H2,1-5H3,(H,47,55)(H,48,56)(H,49,54)/t29-,30-,37-,38-,39-,40-/m0/s1. The van der Waals surface area contributed by atoms with Crippen molar-refractivity contribution >= 4 is 50.8 Å². The summed E-state index contributed by atoms with van der Waals surface area (Å²) in [5.74, 6) is -1.24. The third kappa shape index (κ3) is 11.5. The lowest BCUT2D eigenvalue weighted by Crippen LogP contribution is -2.59. The summed E-state index contributed by atoms with van der Waals surface area (Å²) < 4.78 is 5.69. The van der Waals surface area contributed by atoms with E-state index in [-0.39, 0.29) is 43.3 Å². The number of ether oxygens (including phenoxy) is 1. The Bertz CT molecular complexity index is 1980. The number of fused-ring (bicyclic) bond motifs is 1. The summed E-state index contributed by atoms with van der Waals surface area (Å²) in [6.07, 6.45) is 1.38. The van der Waals surface area contributed by atoms with Crippen molar-refractivity contribution in [3.63, 3.8) is 0 Å². The van der Waals surface area contributed by atoms with Crippen LogP contribution in [0.5, 0.6) is 0 Å². The molecule has 6 atom stereocenters. The van der Waals surface area contributed by atoms with Gasteiger partial charge in [0.25, 0.3) is 5.91 Å². The van der Waals surface area contributed by atoms with Gasteiger partial charge >= 0.3 is 12.1 Å². The summed E-state index contributed by atoms with van der Waals surface area (Å²) in [6, 6.07) is 24.2. The molecule has 13 nitrogen and oxygen atoms in total. The maximum absolute atomic E-state index is 14.6. The molecule has 2 heterocycles. The van der Waals surface area contributed by atoms with Crippen LogP contribution in [0.4, 0.5) is 9.59 Å². The molecule has 5 amide bonds. The van der Waals surface area contributed by atoms with Gasteiger partial charge in [0.05, 0.1) is 24.8 Å². The number of pyridine rings is 1. The fourth-order valence-electron chi connectivity index (χ4n) is 7.28. The van der Waals surface area contributed by atoms with E-state index in [0.29, 0.717) is 32.5 Å². The zero-order chi connectivity index (χ0) is 41.8. The van der Waals surface area contributed by atoms with E-state index in [0.717, 1.165) is 32.1 Å². The average molecular weight is 859 g/mol. The first-order valence-electron chi connectivity index (χ1n) is 20.0. The molecule has 0 unspecified atom stereocenters. The van der Waals surface area contributed by atoms with Gasteiger partial charge < -0.3 is 30.3 Å². The summed E-state index contributed by atoms with van der Waals surface area (Å²) in [7, 11) is 1.24. The molecular formula is C44H56BrN7O6. The topological polar surface area (TPSA) is 156 Å². The SMILES string of the molecule is CC[C@H](C)[C@H](NC(=O)OC)C(=O)NN(Cc1ccc(Br)cc1)C[C@H](O)[C@H](Cc1ccccc1)NC(=O)[C@H]([C@@H](C)CC)N1CCN(Cc2ccnc3ccccc23)C1=O. The number of rotatable bonds is 19. The lowest BCUT2D eigenvalue weighted by Gasteiger charge is -2.35. The number of amides is 5. The third-order valence-electron chi connectivity index (χ3n) is 11.0. The second-order valence-electron chi connectivity index (χ2n) is 15.1. The number of hydrogen-bond acceptors (Lipinski definition) is 8. The van der Waals surface area contributed by atoms with E-state index in [2.05, 4.69) is 37.0 Å². The molecule has 0 saturated carbocycles. The molecule has 1 aliphatic heterocycles. The molecule has 0 spiro atoms. The number of carbonyl (C=O) groups excluding carboxylic acids is 4. The predicted octanol–water partition coefficient (Wildman–Crippen LogP) is 6.04. The summed E-state index contributed by atoms with van der Waals surface area (Å²) >= 11 is 3.47. The highest BCUT2D eigenvalue weighted by Crippen LogP contribution is 2.25. The normalized spacial score (nSPS) is 16.0. The minimum absolute atomic E-state index is 0.0741. The lowest BCUT2D eigenvalue weighted by atomic mass is 9.95. The molecule has 3 aromatic carbocycles. The molecule has 310 valence electrons. The highest BCUT2D eigenvalue weighted by molar-refractivity contribution is 9.10. The Morgan fingerprint density at radius 2 is 1.57 bits per heavy atom. The number of alkyl carbamates (subject to hydrolysis) is 1. The molecule has 4 aromatic rings. The first kappa shape index (κ1) is 44.1. The van der Waals surface area contributed by atoms with E-state index in [1.807, 2.05) is 113 Å². The van der Waals surface area contributed by atoms with Crippen LogP contribution in [0.15, 0.2) is 95.6 Å². The molecule has 14 heteroatoms. The Kier molecular flexibility index (Phi) is 16.0. The van der Waals surface area contributed by atoms with E-state index in [4.69, 9.17) is 4.74 Å². The van der Waals surface area contributed by atoms with E-state index in [9.17, 15) is 24.3 Å². The monoisotopic (exact) mass is 857 g/mol. The van der Waals surface area contributed by atoms with Gasteiger partial charge in [-0.2, -0.15) is 0 Å². The maximum Gasteiger partial charge on any atom is 0.407 e. The van der Waals surface area contributed by atoms with Crippen molar-refractivity contribution in [1.82, 2.24) is 35.9 Å². The van der Waals surface area contributed by atoms with Gasteiger partial charge in [0, 0.05) is 48.8 Å². The number of nitrogens with one attached hydrogen (secondary N) is 3. The molecular weight excluding hydrogens is 802 g/mol. The first-order chi connectivity index (χ1) is 27.9. The quantitative estimate of drug-likeness (QED) is 0.0833. The highest BCUT2D eigenvalue weighted by Gasteiger charge is 2.41. The van der Waals surface area contributed by atoms with E-state index < -0.39 is 36.2 Å². The van der Waals surface area contributed by atoms with Crippen molar-refractivity contribution in [3.8, 4) is 0 Å². The second-order valence-corrected chi connectivity index (χ2v) is 16.0. The van der Waals surface area contributed by atoms with Crippen molar-refractivity contribution in [3.05, 3.63) is 112 Å². The number of hydrogen-bond donors (Lipinski definition) is 4. The van der Waals surface area contributed by atoms with Crippen molar-refractivity contribution < 1.29 is 29.0 Å². The van der Waals surface area contributed by atoms with Gasteiger partial charge in [0.15, 0.2) is 0 Å².